The van der Waals surface area contributed by atoms with Gasteiger partial charge < -0.3 is 9.80 Å². The largest absolute Gasteiger partial charge is 0.433 e. The highest BCUT2D eigenvalue weighted by atomic mass is 35.5. The first kappa shape index (κ1) is 29.6. The van der Waals surface area contributed by atoms with E-state index >= 15 is 0 Å². The monoisotopic (exact) mass is 599 g/mol. The zero-order valence-electron chi connectivity index (χ0n) is 22.6. The minimum absolute atomic E-state index is 0.0184. The molecule has 1 unspecified atom stereocenters. The van der Waals surface area contributed by atoms with Crippen molar-refractivity contribution in [3.05, 3.63) is 64.9 Å². The first-order valence-corrected chi connectivity index (χ1v) is 14.1. The van der Waals surface area contributed by atoms with Gasteiger partial charge in [-0.3, -0.25) is 9.58 Å². The molecule has 2 saturated heterocycles. The van der Waals surface area contributed by atoms with Crippen LogP contribution in [0.2, 0.25) is 5.02 Å². The lowest BCUT2D eigenvalue weighted by molar-refractivity contribution is -0.145. The molecule has 0 spiro atoms. The van der Waals surface area contributed by atoms with Gasteiger partial charge in [-0.15, -0.1) is 0 Å². The molecule has 2 fully saturated rings. The molecule has 2 aliphatic rings. The van der Waals surface area contributed by atoms with E-state index in [-0.39, 0.29) is 12.1 Å². The maximum absolute atomic E-state index is 13.8. The second-order valence-corrected chi connectivity index (χ2v) is 11.2. The third-order valence-electron chi connectivity index (χ3n) is 7.92. The molecule has 5 nitrogen and oxygen atoms in total. The summed E-state index contributed by atoms with van der Waals surface area (Å²) in [7, 11) is 0. The fourth-order valence-electron chi connectivity index (χ4n) is 5.83. The highest BCUT2D eigenvalue weighted by Gasteiger charge is 2.39. The second kappa shape index (κ2) is 11.8. The number of hydrogen-bond donors (Lipinski definition) is 0. The Bertz CT molecular complexity index is 1330. The molecule has 222 valence electrons. The molecule has 0 radical (unpaired) electrons. The van der Waals surface area contributed by atoms with Crippen molar-refractivity contribution in [2.45, 2.75) is 44.6 Å². The average Bonchev–Trinajstić information content (AvgIpc) is 3.34. The number of hydrogen-bond acceptors (Lipinski definition) is 4. The lowest BCUT2D eigenvalue weighted by atomic mass is 9.99. The molecule has 0 bridgehead atoms. The lowest BCUT2D eigenvalue weighted by Gasteiger charge is -2.37. The number of aryl methyl sites for hydroxylation is 1. The summed E-state index contributed by atoms with van der Waals surface area (Å²) >= 11 is 6.39. The third-order valence-corrected chi connectivity index (χ3v) is 8.15. The van der Waals surface area contributed by atoms with Crippen LogP contribution in [0, 0.1) is 6.92 Å². The molecule has 2 aromatic carbocycles. The Labute approximate surface area is 240 Å². The van der Waals surface area contributed by atoms with E-state index in [9.17, 15) is 26.3 Å². The van der Waals surface area contributed by atoms with E-state index in [0.717, 1.165) is 27.2 Å². The number of piperidine rings is 1. The number of piperazine rings is 1. The number of alkyl halides is 6. The van der Waals surface area contributed by atoms with Crippen LogP contribution in [0.1, 0.15) is 36.6 Å². The minimum atomic E-state index is -4.48. The molecule has 0 N–H and O–H groups in total. The van der Waals surface area contributed by atoms with Gasteiger partial charge in [0, 0.05) is 67.8 Å². The summed E-state index contributed by atoms with van der Waals surface area (Å²) in [6, 6.07) is 13.1. The van der Waals surface area contributed by atoms with Crippen LogP contribution in [0.25, 0.3) is 11.1 Å². The van der Waals surface area contributed by atoms with Crippen molar-refractivity contribution in [3.63, 3.8) is 0 Å². The number of aromatic nitrogens is 2. The highest BCUT2D eigenvalue weighted by molar-refractivity contribution is 6.31. The Balaban J connectivity index is 1.31. The fraction of sp³-hybridized carbons (Fsp3) is 0.483. The number of halogens is 7. The van der Waals surface area contributed by atoms with E-state index in [2.05, 4.69) is 14.9 Å². The molecular weight excluding hydrogens is 568 g/mol. The van der Waals surface area contributed by atoms with E-state index in [1.54, 1.807) is 6.07 Å². The van der Waals surface area contributed by atoms with Gasteiger partial charge in [0.25, 0.3) is 0 Å². The van der Waals surface area contributed by atoms with E-state index in [1.165, 1.54) is 13.1 Å². The molecule has 1 atom stereocenters. The zero-order chi connectivity index (χ0) is 29.4. The Kier molecular flexibility index (Phi) is 8.48. The van der Waals surface area contributed by atoms with Crippen LogP contribution in [-0.2, 0) is 6.18 Å². The standard InChI is InChI=1S/C29H32ClF6N5/c1-20-18-37-41(27(20)29(34,35)36)24-3-2-11-40(19-24)26-17-22(30)6-9-25(26)21-4-7-23(8-5-21)39-15-13-38(14-16-39)12-10-28(31,32)33/h4-9,17-18,24H,2-3,10-16,19H2,1H3. The first-order chi connectivity index (χ1) is 19.4. The van der Waals surface area contributed by atoms with Gasteiger partial charge >= 0.3 is 12.4 Å². The Morgan fingerprint density at radius 1 is 0.902 bits per heavy atom. The number of rotatable bonds is 6. The van der Waals surface area contributed by atoms with Crippen LogP contribution < -0.4 is 9.80 Å². The van der Waals surface area contributed by atoms with Crippen molar-refractivity contribution in [3.8, 4) is 11.1 Å². The second-order valence-electron chi connectivity index (χ2n) is 10.8. The number of nitrogens with zero attached hydrogens (tertiary/aromatic N) is 5. The SMILES string of the molecule is Cc1cnn(C2CCCN(c3cc(Cl)ccc3-c3ccc(N4CCN(CCC(F)(F)F)CC4)cc3)C2)c1C(F)(F)F. The topological polar surface area (TPSA) is 27.5 Å². The molecule has 5 rings (SSSR count). The van der Waals surface area contributed by atoms with Crippen molar-refractivity contribution < 1.29 is 26.3 Å². The summed E-state index contributed by atoms with van der Waals surface area (Å²) in [5, 5.41) is 4.64. The molecule has 1 aromatic heterocycles. The Morgan fingerprint density at radius 3 is 2.27 bits per heavy atom. The predicted molar refractivity (Wildman–Crippen MR) is 149 cm³/mol. The molecule has 3 aromatic rings. The van der Waals surface area contributed by atoms with Crippen LogP contribution in [0.5, 0.6) is 0 Å². The maximum atomic E-state index is 13.8. The van der Waals surface area contributed by atoms with E-state index in [4.69, 9.17) is 11.6 Å². The van der Waals surface area contributed by atoms with E-state index in [1.807, 2.05) is 41.3 Å². The van der Waals surface area contributed by atoms with Crippen LogP contribution in [-0.4, -0.2) is 66.7 Å². The molecule has 3 heterocycles. The van der Waals surface area contributed by atoms with Crippen molar-refractivity contribution in [2.24, 2.45) is 0 Å². The van der Waals surface area contributed by atoms with Crippen molar-refractivity contribution >= 4 is 23.0 Å². The van der Waals surface area contributed by atoms with Gasteiger partial charge in [0.2, 0.25) is 0 Å². The van der Waals surface area contributed by atoms with Gasteiger partial charge in [0.1, 0.15) is 5.69 Å². The van der Waals surface area contributed by atoms with Crippen LogP contribution in [0.4, 0.5) is 37.7 Å². The number of benzene rings is 2. The molecule has 41 heavy (non-hydrogen) atoms. The lowest BCUT2D eigenvalue weighted by Crippen LogP contribution is -2.47. The van der Waals surface area contributed by atoms with Crippen LogP contribution >= 0.6 is 11.6 Å². The summed E-state index contributed by atoms with van der Waals surface area (Å²) in [4.78, 5) is 6.09. The number of anilines is 2. The molecule has 0 amide bonds. The highest BCUT2D eigenvalue weighted by Crippen LogP contribution is 2.39. The summed E-state index contributed by atoms with van der Waals surface area (Å²) in [6.45, 7) is 4.93. The van der Waals surface area contributed by atoms with Gasteiger partial charge in [-0.1, -0.05) is 29.8 Å². The smallest absolute Gasteiger partial charge is 0.369 e. The third kappa shape index (κ3) is 6.94. The van der Waals surface area contributed by atoms with Crippen LogP contribution in [0.3, 0.4) is 0 Å². The quantitative estimate of drug-likeness (QED) is 0.275. The average molecular weight is 600 g/mol. The van der Waals surface area contributed by atoms with Gasteiger partial charge in [0.05, 0.1) is 18.7 Å². The summed E-state index contributed by atoms with van der Waals surface area (Å²) < 4.78 is 80.2. The Hall–Kier alpha value is -2.92. The van der Waals surface area contributed by atoms with Gasteiger partial charge in [-0.05, 0) is 55.2 Å². The summed E-state index contributed by atoms with van der Waals surface area (Å²) in [5.41, 5.74) is 3.12. The molecular formula is C29H32ClF6N5. The Morgan fingerprint density at radius 2 is 1.61 bits per heavy atom. The van der Waals surface area contributed by atoms with Gasteiger partial charge in [0.15, 0.2) is 0 Å². The maximum Gasteiger partial charge on any atom is 0.433 e. The molecule has 0 aliphatic carbocycles. The predicted octanol–water partition coefficient (Wildman–Crippen LogP) is 7.45. The fourth-order valence-corrected chi connectivity index (χ4v) is 6.00. The van der Waals surface area contributed by atoms with Crippen molar-refractivity contribution in [1.82, 2.24) is 14.7 Å². The summed E-state index contributed by atoms with van der Waals surface area (Å²) in [5.74, 6) is 0. The van der Waals surface area contributed by atoms with Crippen LogP contribution in [0.15, 0.2) is 48.7 Å². The van der Waals surface area contributed by atoms with Crippen molar-refractivity contribution in [2.75, 3.05) is 55.6 Å². The van der Waals surface area contributed by atoms with Gasteiger partial charge in [-0.25, -0.2) is 0 Å². The zero-order valence-corrected chi connectivity index (χ0v) is 23.4. The first-order valence-electron chi connectivity index (χ1n) is 13.7. The molecule has 12 heteroatoms. The summed E-state index contributed by atoms with van der Waals surface area (Å²) in [6.07, 6.45) is -6.85. The molecule has 2 aliphatic heterocycles. The minimum Gasteiger partial charge on any atom is -0.369 e. The van der Waals surface area contributed by atoms with Crippen molar-refractivity contribution in [1.29, 1.82) is 0 Å². The molecule has 0 saturated carbocycles. The van der Waals surface area contributed by atoms with Gasteiger partial charge in [-0.2, -0.15) is 31.4 Å². The van der Waals surface area contributed by atoms with E-state index in [0.29, 0.717) is 57.1 Å². The van der Waals surface area contributed by atoms with E-state index < -0.39 is 30.5 Å². The normalized spacial score (nSPS) is 19.2.